The first-order valence-corrected chi connectivity index (χ1v) is 7.40. The molecule has 0 aliphatic rings. The largest absolute Gasteiger partial charge is 0.381 e. The van der Waals surface area contributed by atoms with Crippen LogP contribution in [0.4, 0.5) is 5.82 Å². The SMILES string of the molecule is Nc1nc2sccn2c1S(=O)(=O)NCc1ncon1. The van der Waals surface area contributed by atoms with Crippen LogP contribution >= 0.6 is 11.3 Å². The van der Waals surface area contributed by atoms with Crippen LogP contribution in [0.3, 0.4) is 0 Å². The molecule has 0 fully saturated rings. The second-order valence-corrected chi connectivity index (χ2v) is 6.09. The molecule has 3 aromatic rings. The molecule has 0 unspecified atom stereocenters. The number of hydrogen-bond donors (Lipinski definition) is 2. The Hall–Kier alpha value is -1.98. The van der Waals surface area contributed by atoms with E-state index in [1.165, 1.54) is 15.7 Å². The van der Waals surface area contributed by atoms with Crippen LogP contribution in [0.1, 0.15) is 5.82 Å². The quantitative estimate of drug-likeness (QED) is 0.685. The first-order valence-electron chi connectivity index (χ1n) is 5.04. The van der Waals surface area contributed by atoms with Gasteiger partial charge in [-0.25, -0.2) is 18.1 Å². The lowest BCUT2D eigenvalue weighted by Gasteiger charge is -2.04. The number of imidazole rings is 1. The van der Waals surface area contributed by atoms with Crippen molar-refractivity contribution in [1.82, 2.24) is 24.2 Å². The van der Waals surface area contributed by atoms with E-state index in [1.54, 1.807) is 11.6 Å². The summed E-state index contributed by atoms with van der Waals surface area (Å²) < 4.78 is 32.6. The van der Waals surface area contributed by atoms with Gasteiger partial charge in [-0.15, -0.1) is 11.3 Å². The Balaban J connectivity index is 1.95. The molecule has 0 aliphatic carbocycles. The number of anilines is 1. The molecule has 0 saturated heterocycles. The normalized spacial score (nSPS) is 12.2. The summed E-state index contributed by atoms with van der Waals surface area (Å²) in [6.07, 6.45) is 2.71. The molecule has 0 amide bonds. The van der Waals surface area contributed by atoms with Crippen LogP contribution in [0, 0.1) is 0 Å². The Morgan fingerprint density at radius 2 is 2.37 bits per heavy atom. The number of rotatable bonds is 4. The van der Waals surface area contributed by atoms with Gasteiger partial charge < -0.3 is 10.3 Å². The highest BCUT2D eigenvalue weighted by Gasteiger charge is 2.24. The molecule has 9 nitrogen and oxygen atoms in total. The summed E-state index contributed by atoms with van der Waals surface area (Å²) >= 11 is 1.29. The van der Waals surface area contributed by atoms with Crippen molar-refractivity contribution >= 4 is 32.1 Å². The molecule has 0 radical (unpaired) electrons. The van der Waals surface area contributed by atoms with E-state index in [9.17, 15) is 8.42 Å². The van der Waals surface area contributed by atoms with E-state index in [1.807, 2.05) is 0 Å². The summed E-state index contributed by atoms with van der Waals surface area (Å²) in [6.45, 7) is -0.0877. The third-order valence-corrected chi connectivity index (χ3v) is 4.52. The maximum Gasteiger partial charge on any atom is 0.260 e. The number of nitrogens with one attached hydrogen (secondary N) is 1. The van der Waals surface area contributed by atoms with E-state index in [4.69, 9.17) is 5.73 Å². The van der Waals surface area contributed by atoms with Gasteiger partial charge in [0.1, 0.15) is 0 Å². The number of nitrogens with two attached hydrogens (primary N) is 1. The van der Waals surface area contributed by atoms with E-state index >= 15 is 0 Å². The molecule has 0 aliphatic heterocycles. The fraction of sp³-hybridized carbons (Fsp3) is 0.125. The molecular formula is C8H8N6O3S2. The lowest BCUT2D eigenvalue weighted by molar-refractivity contribution is 0.409. The minimum atomic E-state index is -3.81. The molecule has 0 bridgehead atoms. The fourth-order valence-corrected chi connectivity index (χ4v) is 3.51. The second kappa shape index (κ2) is 4.29. The average molecular weight is 300 g/mol. The van der Waals surface area contributed by atoms with E-state index in [2.05, 4.69) is 24.4 Å². The van der Waals surface area contributed by atoms with E-state index in [0.717, 1.165) is 6.39 Å². The third kappa shape index (κ3) is 2.07. The monoisotopic (exact) mass is 300 g/mol. The van der Waals surface area contributed by atoms with Crippen molar-refractivity contribution in [2.75, 3.05) is 5.73 Å². The number of thiazole rings is 1. The minimum Gasteiger partial charge on any atom is -0.381 e. The third-order valence-electron chi connectivity index (χ3n) is 2.33. The molecule has 3 aromatic heterocycles. The van der Waals surface area contributed by atoms with Crippen LogP contribution in [-0.2, 0) is 16.6 Å². The van der Waals surface area contributed by atoms with E-state index < -0.39 is 10.0 Å². The zero-order valence-electron chi connectivity index (χ0n) is 9.35. The summed E-state index contributed by atoms with van der Waals surface area (Å²) in [5.74, 6) is 0.181. The lowest BCUT2D eigenvalue weighted by atomic mass is 10.6. The molecule has 0 saturated carbocycles. The van der Waals surface area contributed by atoms with Crippen LogP contribution in [0.25, 0.3) is 4.96 Å². The van der Waals surface area contributed by atoms with Gasteiger partial charge in [0.2, 0.25) is 6.39 Å². The Bertz CT molecular complexity index is 803. The van der Waals surface area contributed by atoms with Crippen LogP contribution < -0.4 is 10.5 Å². The molecular weight excluding hydrogens is 292 g/mol. The number of nitrogens with zero attached hydrogens (tertiary/aromatic N) is 4. The summed E-state index contributed by atoms with van der Waals surface area (Å²) in [6, 6.07) is 0. The maximum absolute atomic E-state index is 12.2. The number of fused-ring (bicyclic) bond motifs is 1. The van der Waals surface area contributed by atoms with Crippen LogP contribution in [0.15, 0.2) is 27.5 Å². The Morgan fingerprint density at radius 1 is 1.53 bits per heavy atom. The predicted octanol–water partition coefficient (Wildman–Crippen LogP) is -0.161. The summed E-state index contributed by atoms with van der Waals surface area (Å²) in [4.78, 5) is 8.21. The van der Waals surface area contributed by atoms with Crippen molar-refractivity contribution in [1.29, 1.82) is 0 Å². The van der Waals surface area contributed by atoms with Gasteiger partial charge >= 0.3 is 0 Å². The smallest absolute Gasteiger partial charge is 0.260 e. The molecule has 3 N–H and O–H groups in total. The molecule has 0 atom stereocenters. The van der Waals surface area contributed by atoms with Gasteiger partial charge in [-0.3, -0.25) is 4.40 Å². The number of hydrogen-bond acceptors (Lipinski definition) is 8. The van der Waals surface area contributed by atoms with Crippen molar-refractivity contribution in [2.24, 2.45) is 0 Å². The number of nitrogen functional groups attached to an aromatic ring is 1. The standard InChI is InChI=1S/C8H8N6O3S2/c9-6-7(14-1-2-18-8(14)12-6)19(15,16)11-3-5-10-4-17-13-5/h1-2,4,11H,3,9H2. The molecule has 3 heterocycles. The topological polar surface area (TPSA) is 128 Å². The summed E-state index contributed by atoms with van der Waals surface area (Å²) in [7, 11) is -3.81. The zero-order chi connectivity index (χ0) is 13.5. The summed E-state index contributed by atoms with van der Waals surface area (Å²) in [5.41, 5.74) is 5.64. The number of aromatic nitrogens is 4. The first kappa shape index (κ1) is 12.1. The fourth-order valence-electron chi connectivity index (χ4n) is 1.55. The highest BCUT2D eigenvalue weighted by Crippen LogP contribution is 2.23. The molecule has 19 heavy (non-hydrogen) atoms. The minimum absolute atomic E-state index is 0.0486. The molecule has 0 aromatic carbocycles. The highest BCUT2D eigenvalue weighted by molar-refractivity contribution is 7.89. The summed E-state index contributed by atoms with van der Waals surface area (Å²) in [5, 5.41) is 5.14. The molecule has 3 rings (SSSR count). The van der Waals surface area contributed by atoms with E-state index in [0.29, 0.717) is 4.96 Å². The van der Waals surface area contributed by atoms with Gasteiger partial charge in [0.25, 0.3) is 10.0 Å². The van der Waals surface area contributed by atoms with Gasteiger partial charge in [0, 0.05) is 11.6 Å². The average Bonchev–Trinajstić information content (AvgIpc) is 3.01. The van der Waals surface area contributed by atoms with Crippen LogP contribution in [0.2, 0.25) is 0 Å². The Labute approximate surface area is 111 Å². The van der Waals surface area contributed by atoms with Gasteiger partial charge in [-0.1, -0.05) is 5.16 Å². The lowest BCUT2D eigenvalue weighted by Crippen LogP contribution is -2.25. The Morgan fingerprint density at radius 3 is 3.11 bits per heavy atom. The molecule has 11 heteroatoms. The Kier molecular flexibility index (Phi) is 2.73. The predicted molar refractivity (Wildman–Crippen MR) is 65.8 cm³/mol. The first-order chi connectivity index (χ1) is 9.08. The van der Waals surface area contributed by atoms with Gasteiger partial charge in [0.15, 0.2) is 21.6 Å². The second-order valence-electron chi connectivity index (χ2n) is 3.53. The highest BCUT2D eigenvalue weighted by atomic mass is 32.2. The number of sulfonamides is 1. The van der Waals surface area contributed by atoms with Crippen molar-refractivity contribution in [2.45, 2.75) is 11.6 Å². The van der Waals surface area contributed by atoms with Crippen LogP contribution in [-0.4, -0.2) is 27.9 Å². The van der Waals surface area contributed by atoms with Crippen molar-refractivity contribution in [3.63, 3.8) is 0 Å². The molecule has 0 spiro atoms. The van der Waals surface area contributed by atoms with Crippen molar-refractivity contribution < 1.29 is 12.9 Å². The van der Waals surface area contributed by atoms with Crippen LogP contribution in [0.5, 0.6) is 0 Å². The van der Waals surface area contributed by atoms with Gasteiger partial charge in [-0.2, -0.15) is 4.98 Å². The van der Waals surface area contributed by atoms with Crippen molar-refractivity contribution in [3.05, 3.63) is 23.8 Å². The van der Waals surface area contributed by atoms with E-state index in [-0.39, 0.29) is 23.2 Å². The maximum atomic E-state index is 12.2. The molecule has 100 valence electrons. The zero-order valence-corrected chi connectivity index (χ0v) is 11.0. The van der Waals surface area contributed by atoms with Crippen molar-refractivity contribution in [3.8, 4) is 0 Å². The van der Waals surface area contributed by atoms with Gasteiger partial charge in [-0.05, 0) is 0 Å². The van der Waals surface area contributed by atoms with Gasteiger partial charge in [0.05, 0.1) is 6.54 Å².